The molecule has 2 heteroatoms. The van der Waals surface area contributed by atoms with Crippen molar-refractivity contribution in [1.82, 2.24) is 5.32 Å². The Morgan fingerprint density at radius 2 is 2.00 bits per heavy atom. The lowest BCUT2D eigenvalue weighted by Gasteiger charge is -2.05. The number of hydrogen-bond donors (Lipinski definition) is 1. The van der Waals surface area contributed by atoms with Crippen LogP contribution in [0.5, 0.6) is 5.75 Å². The summed E-state index contributed by atoms with van der Waals surface area (Å²) in [6.07, 6.45) is 0.910. The minimum atomic E-state index is 0.716. The molecule has 0 saturated heterocycles. The first-order chi connectivity index (χ1) is 7.86. The fourth-order valence-corrected chi connectivity index (χ4v) is 1.38. The van der Waals surface area contributed by atoms with Crippen LogP contribution in [-0.2, 0) is 6.54 Å². The molecule has 0 aromatic heterocycles. The van der Waals surface area contributed by atoms with E-state index in [1.165, 1.54) is 5.56 Å². The van der Waals surface area contributed by atoms with Gasteiger partial charge in [-0.2, -0.15) is 0 Å². The van der Waals surface area contributed by atoms with Gasteiger partial charge in [0.05, 0.1) is 6.61 Å². The van der Waals surface area contributed by atoms with Crippen LogP contribution in [-0.4, -0.2) is 13.2 Å². The molecule has 0 aliphatic rings. The zero-order valence-electron chi connectivity index (χ0n) is 10.0. The van der Waals surface area contributed by atoms with Crippen LogP contribution in [0.4, 0.5) is 0 Å². The SMILES string of the molecule is CC#CCCNCc1ccc(OCC)cc1. The zero-order valence-corrected chi connectivity index (χ0v) is 10.0. The van der Waals surface area contributed by atoms with Crippen molar-refractivity contribution in [3.05, 3.63) is 29.8 Å². The van der Waals surface area contributed by atoms with Gasteiger partial charge < -0.3 is 10.1 Å². The molecule has 0 bridgehead atoms. The molecule has 0 amide bonds. The molecule has 0 aliphatic carbocycles. The number of rotatable bonds is 6. The Hall–Kier alpha value is -1.46. The molecule has 0 fully saturated rings. The first-order valence-electron chi connectivity index (χ1n) is 5.69. The minimum absolute atomic E-state index is 0.716. The van der Waals surface area contributed by atoms with Gasteiger partial charge in [-0.05, 0) is 31.5 Å². The molecule has 16 heavy (non-hydrogen) atoms. The van der Waals surface area contributed by atoms with E-state index in [1.54, 1.807) is 0 Å². The van der Waals surface area contributed by atoms with Crippen molar-refractivity contribution in [3.63, 3.8) is 0 Å². The maximum atomic E-state index is 5.38. The summed E-state index contributed by atoms with van der Waals surface area (Å²) in [6.45, 7) is 6.40. The predicted molar refractivity (Wildman–Crippen MR) is 67.4 cm³/mol. The molecule has 0 aliphatic heterocycles. The van der Waals surface area contributed by atoms with Gasteiger partial charge in [0.2, 0.25) is 0 Å². The zero-order chi connectivity index (χ0) is 11.6. The molecule has 86 valence electrons. The number of hydrogen-bond acceptors (Lipinski definition) is 2. The molecule has 1 aromatic carbocycles. The number of ether oxygens (including phenoxy) is 1. The summed E-state index contributed by atoms with van der Waals surface area (Å²) in [7, 11) is 0. The Kier molecular flexibility index (Phi) is 6.13. The predicted octanol–water partition coefficient (Wildman–Crippen LogP) is 2.59. The molecular weight excluding hydrogens is 198 g/mol. The van der Waals surface area contributed by atoms with Gasteiger partial charge in [0, 0.05) is 19.5 Å². The molecule has 1 aromatic rings. The third-order valence-electron chi connectivity index (χ3n) is 2.17. The van der Waals surface area contributed by atoms with Crippen LogP contribution >= 0.6 is 0 Å². The van der Waals surface area contributed by atoms with Gasteiger partial charge in [-0.15, -0.1) is 11.8 Å². The molecule has 2 nitrogen and oxygen atoms in total. The van der Waals surface area contributed by atoms with Crippen molar-refractivity contribution in [3.8, 4) is 17.6 Å². The van der Waals surface area contributed by atoms with Crippen molar-refractivity contribution in [2.45, 2.75) is 26.8 Å². The Morgan fingerprint density at radius 1 is 1.25 bits per heavy atom. The van der Waals surface area contributed by atoms with E-state index in [4.69, 9.17) is 4.74 Å². The highest BCUT2D eigenvalue weighted by atomic mass is 16.5. The highest BCUT2D eigenvalue weighted by molar-refractivity contribution is 5.27. The lowest BCUT2D eigenvalue weighted by atomic mass is 10.2. The maximum absolute atomic E-state index is 5.38. The van der Waals surface area contributed by atoms with E-state index >= 15 is 0 Å². The number of benzene rings is 1. The van der Waals surface area contributed by atoms with E-state index in [0.717, 1.165) is 25.3 Å². The summed E-state index contributed by atoms with van der Waals surface area (Å²) >= 11 is 0. The second kappa shape index (κ2) is 7.78. The van der Waals surface area contributed by atoms with Crippen molar-refractivity contribution < 1.29 is 4.74 Å². The standard InChI is InChI=1S/C14H19NO/c1-3-5-6-11-15-12-13-7-9-14(10-8-13)16-4-2/h7-10,15H,4,6,11-12H2,1-2H3. The Morgan fingerprint density at radius 3 is 2.62 bits per heavy atom. The van der Waals surface area contributed by atoms with Gasteiger partial charge in [-0.25, -0.2) is 0 Å². The molecule has 0 unspecified atom stereocenters. The Bertz CT molecular complexity index is 345. The summed E-state index contributed by atoms with van der Waals surface area (Å²) in [5, 5.41) is 3.34. The molecule has 0 radical (unpaired) electrons. The van der Waals surface area contributed by atoms with Gasteiger partial charge >= 0.3 is 0 Å². The first kappa shape index (κ1) is 12.6. The quantitative estimate of drug-likeness (QED) is 0.584. The van der Waals surface area contributed by atoms with E-state index < -0.39 is 0 Å². The largest absolute Gasteiger partial charge is 0.494 e. The molecule has 1 rings (SSSR count). The van der Waals surface area contributed by atoms with Crippen LogP contribution in [0.1, 0.15) is 25.8 Å². The van der Waals surface area contributed by atoms with E-state index in [1.807, 2.05) is 26.0 Å². The van der Waals surface area contributed by atoms with E-state index in [2.05, 4.69) is 29.3 Å². The van der Waals surface area contributed by atoms with Crippen LogP contribution in [0, 0.1) is 11.8 Å². The van der Waals surface area contributed by atoms with Crippen LogP contribution < -0.4 is 10.1 Å². The Balaban J connectivity index is 2.28. The molecular formula is C14H19NO. The second-order valence-corrected chi connectivity index (χ2v) is 3.43. The Labute approximate surface area is 98.0 Å². The number of nitrogens with one attached hydrogen (secondary N) is 1. The van der Waals surface area contributed by atoms with Gasteiger partial charge in [-0.1, -0.05) is 12.1 Å². The maximum Gasteiger partial charge on any atom is 0.119 e. The minimum Gasteiger partial charge on any atom is -0.494 e. The fraction of sp³-hybridized carbons (Fsp3) is 0.429. The van der Waals surface area contributed by atoms with Gasteiger partial charge in [0.1, 0.15) is 5.75 Å². The summed E-state index contributed by atoms with van der Waals surface area (Å²) in [4.78, 5) is 0. The fourth-order valence-electron chi connectivity index (χ4n) is 1.38. The lowest BCUT2D eigenvalue weighted by molar-refractivity contribution is 0.340. The van der Waals surface area contributed by atoms with Gasteiger partial charge in [0.15, 0.2) is 0 Å². The molecule has 0 atom stereocenters. The van der Waals surface area contributed by atoms with Crippen LogP contribution in [0.25, 0.3) is 0 Å². The third-order valence-corrected chi connectivity index (χ3v) is 2.17. The molecule has 0 spiro atoms. The summed E-state index contributed by atoms with van der Waals surface area (Å²) in [5.41, 5.74) is 1.27. The van der Waals surface area contributed by atoms with Crippen LogP contribution in [0.3, 0.4) is 0 Å². The van der Waals surface area contributed by atoms with Crippen molar-refractivity contribution in [2.75, 3.05) is 13.2 Å². The molecule has 0 saturated carbocycles. The highest BCUT2D eigenvalue weighted by Crippen LogP contribution is 2.11. The average Bonchev–Trinajstić information content (AvgIpc) is 2.31. The van der Waals surface area contributed by atoms with E-state index in [9.17, 15) is 0 Å². The summed E-state index contributed by atoms with van der Waals surface area (Å²) < 4.78 is 5.38. The van der Waals surface area contributed by atoms with Gasteiger partial charge in [0.25, 0.3) is 0 Å². The van der Waals surface area contributed by atoms with Crippen molar-refractivity contribution >= 4 is 0 Å². The monoisotopic (exact) mass is 217 g/mol. The van der Waals surface area contributed by atoms with Gasteiger partial charge in [-0.3, -0.25) is 0 Å². The lowest BCUT2D eigenvalue weighted by Crippen LogP contribution is -2.14. The van der Waals surface area contributed by atoms with E-state index in [-0.39, 0.29) is 0 Å². The third kappa shape index (κ3) is 4.86. The molecule has 0 heterocycles. The topological polar surface area (TPSA) is 21.3 Å². The normalized spacial score (nSPS) is 9.38. The average molecular weight is 217 g/mol. The molecule has 1 N–H and O–H groups in total. The highest BCUT2D eigenvalue weighted by Gasteiger charge is 1.94. The van der Waals surface area contributed by atoms with E-state index in [0.29, 0.717) is 6.61 Å². The van der Waals surface area contributed by atoms with Crippen molar-refractivity contribution in [2.24, 2.45) is 0 Å². The summed E-state index contributed by atoms with van der Waals surface area (Å²) in [5.74, 6) is 6.84. The summed E-state index contributed by atoms with van der Waals surface area (Å²) in [6, 6.07) is 8.19. The van der Waals surface area contributed by atoms with Crippen LogP contribution in [0.2, 0.25) is 0 Å². The first-order valence-corrected chi connectivity index (χ1v) is 5.69. The van der Waals surface area contributed by atoms with Crippen LogP contribution in [0.15, 0.2) is 24.3 Å². The van der Waals surface area contributed by atoms with Crippen molar-refractivity contribution in [1.29, 1.82) is 0 Å². The smallest absolute Gasteiger partial charge is 0.119 e. The second-order valence-electron chi connectivity index (χ2n) is 3.43.